The molecule has 0 bridgehead atoms. The maximum Gasteiger partial charge on any atom is 0.310 e. The SMILES string of the molecule is CC1Cc2nc(C(=O)N3CCN(S(=O)(=O)c4cc5ccc(Cl)cc5s4)CC3CNC(=O)C3CC3)oc2CN1. The van der Waals surface area contributed by atoms with E-state index in [-0.39, 0.29) is 54.1 Å². The van der Waals surface area contributed by atoms with Gasteiger partial charge in [0.1, 0.15) is 9.97 Å². The number of rotatable bonds is 6. The highest BCUT2D eigenvalue weighted by molar-refractivity contribution is 7.91. The third-order valence-corrected chi connectivity index (χ3v) is 10.9. The summed E-state index contributed by atoms with van der Waals surface area (Å²) in [5, 5.41) is 7.55. The Morgan fingerprint density at radius 3 is 2.87 bits per heavy atom. The van der Waals surface area contributed by atoms with Crippen LogP contribution in [-0.4, -0.2) is 72.7 Å². The fourth-order valence-corrected chi connectivity index (χ4v) is 8.25. The zero-order valence-electron chi connectivity index (χ0n) is 20.8. The van der Waals surface area contributed by atoms with Gasteiger partial charge in [-0.15, -0.1) is 11.3 Å². The number of sulfonamides is 1. The van der Waals surface area contributed by atoms with Gasteiger partial charge in [0, 0.05) is 54.3 Å². The van der Waals surface area contributed by atoms with Crippen LogP contribution in [0.3, 0.4) is 0 Å². The zero-order chi connectivity index (χ0) is 26.6. The molecule has 202 valence electrons. The smallest absolute Gasteiger partial charge is 0.310 e. The van der Waals surface area contributed by atoms with Crippen LogP contribution in [0.2, 0.25) is 5.02 Å². The summed E-state index contributed by atoms with van der Waals surface area (Å²) >= 11 is 7.26. The predicted octanol–water partition coefficient (Wildman–Crippen LogP) is 2.62. The van der Waals surface area contributed by atoms with Crippen LogP contribution in [-0.2, 0) is 27.8 Å². The topological polar surface area (TPSA) is 125 Å². The maximum absolute atomic E-state index is 13.6. The van der Waals surface area contributed by atoms with Gasteiger partial charge >= 0.3 is 5.91 Å². The first-order valence-electron chi connectivity index (χ1n) is 12.7. The molecule has 2 unspecified atom stereocenters. The number of hydrogen-bond donors (Lipinski definition) is 2. The van der Waals surface area contributed by atoms with Crippen molar-refractivity contribution >= 4 is 54.9 Å². The molecule has 0 spiro atoms. The van der Waals surface area contributed by atoms with E-state index in [1.54, 1.807) is 29.2 Å². The van der Waals surface area contributed by atoms with Gasteiger partial charge in [-0.25, -0.2) is 13.4 Å². The van der Waals surface area contributed by atoms with Crippen LogP contribution < -0.4 is 10.6 Å². The molecule has 4 heterocycles. The molecule has 1 aromatic carbocycles. The molecule has 2 fully saturated rings. The number of hydrogen-bond acceptors (Lipinski definition) is 8. The summed E-state index contributed by atoms with van der Waals surface area (Å²) in [4.78, 5) is 32.0. The van der Waals surface area contributed by atoms with Crippen molar-refractivity contribution in [2.75, 3.05) is 26.2 Å². The Hall–Kier alpha value is -2.51. The number of oxazole rings is 1. The lowest BCUT2D eigenvalue weighted by atomic mass is 10.1. The lowest BCUT2D eigenvalue weighted by Gasteiger charge is -2.40. The van der Waals surface area contributed by atoms with E-state index < -0.39 is 22.0 Å². The van der Waals surface area contributed by atoms with Gasteiger partial charge in [-0.05, 0) is 43.4 Å². The number of benzene rings is 1. The minimum absolute atomic E-state index is 0.000838. The van der Waals surface area contributed by atoms with E-state index in [0.717, 1.165) is 28.6 Å². The highest BCUT2D eigenvalue weighted by atomic mass is 35.5. The molecule has 2 aromatic heterocycles. The maximum atomic E-state index is 13.6. The van der Waals surface area contributed by atoms with E-state index >= 15 is 0 Å². The molecule has 38 heavy (non-hydrogen) atoms. The molecule has 2 amide bonds. The Morgan fingerprint density at radius 1 is 1.26 bits per heavy atom. The first-order chi connectivity index (χ1) is 18.2. The van der Waals surface area contributed by atoms with E-state index in [0.29, 0.717) is 23.7 Å². The molecule has 2 atom stereocenters. The van der Waals surface area contributed by atoms with Crippen molar-refractivity contribution in [3.63, 3.8) is 0 Å². The standard InChI is InChI=1S/C25H28ClN5O5S2/c1-14-8-19-20(12-27-14)36-24(29-19)25(33)31-7-6-30(13-18(31)11-28-23(32)15-2-3-15)38(34,35)22-9-16-4-5-17(26)10-21(16)37-22/h4-5,9-10,14-15,18,27H,2-3,6-8,11-13H2,1H3,(H,28,32). The second-order valence-electron chi connectivity index (χ2n) is 10.2. The fourth-order valence-electron chi connectivity index (χ4n) is 4.95. The molecule has 1 aliphatic carbocycles. The molecule has 0 radical (unpaired) electrons. The fraction of sp³-hybridized carbons (Fsp3) is 0.480. The molecule has 3 aliphatic rings. The number of nitrogens with one attached hydrogen (secondary N) is 2. The largest absolute Gasteiger partial charge is 0.436 e. The summed E-state index contributed by atoms with van der Waals surface area (Å²) in [6, 6.07) is 6.59. The minimum atomic E-state index is -3.82. The number of aromatic nitrogens is 1. The summed E-state index contributed by atoms with van der Waals surface area (Å²) in [6.45, 7) is 3.02. The van der Waals surface area contributed by atoms with Crippen LogP contribution in [0, 0.1) is 5.92 Å². The molecule has 2 N–H and O–H groups in total. The summed E-state index contributed by atoms with van der Waals surface area (Å²) in [7, 11) is -3.82. The molecule has 2 aliphatic heterocycles. The average Bonchev–Trinajstić information content (AvgIpc) is 3.53. The second-order valence-corrected chi connectivity index (χ2v) is 13.8. The summed E-state index contributed by atoms with van der Waals surface area (Å²) in [5.41, 5.74) is 0.768. The van der Waals surface area contributed by atoms with Gasteiger partial charge in [0.25, 0.3) is 15.9 Å². The highest BCUT2D eigenvalue weighted by Crippen LogP contribution is 2.34. The molecule has 1 saturated heterocycles. The summed E-state index contributed by atoms with van der Waals surface area (Å²) in [6.07, 6.45) is 2.37. The Kier molecular flexibility index (Phi) is 6.71. The number of thiophene rings is 1. The van der Waals surface area contributed by atoms with Gasteiger partial charge in [-0.1, -0.05) is 17.7 Å². The van der Waals surface area contributed by atoms with Crippen molar-refractivity contribution in [2.24, 2.45) is 5.92 Å². The third-order valence-electron chi connectivity index (χ3n) is 7.29. The van der Waals surface area contributed by atoms with Crippen LogP contribution >= 0.6 is 22.9 Å². The lowest BCUT2D eigenvalue weighted by molar-refractivity contribution is -0.122. The van der Waals surface area contributed by atoms with E-state index in [1.807, 2.05) is 6.92 Å². The first kappa shape index (κ1) is 25.8. The zero-order valence-corrected chi connectivity index (χ0v) is 23.2. The van der Waals surface area contributed by atoms with E-state index in [2.05, 4.69) is 15.6 Å². The molecule has 6 rings (SSSR count). The van der Waals surface area contributed by atoms with Crippen molar-refractivity contribution in [1.29, 1.82) is 0 Å². The number of amides is 2. The van der Waals surface area contributed by atoms with Crippen LogP contribution in [0.1, 0.15) is 41.9 Å². The number of nitrogens with zero attached hydrogens (tertiary/aromatic N) is 3. The summed E-state index contributed by atoms with van der Waals surface area (Å²) in [5.74, 6) is 0.191. The average molecular weight is 578 g/mol. The van der Waals surface area contributed by atoms with Crippen molar-refractivity contribution in [2.45, 2.75) is 49.0 Å². The molecule has 3 aromatic rings. The van der Waals surface area contributed by atoms with E-state index in [4.69, 9.17) is 16.0 Å². The Morgan fingerprint density at radius 2 is 2.08 bits per heavy atom. The lowest BCUT2D eigenvalue weighted by Crippen LogP contribution is -2.59. The van der Waals surface area contributed by atoms with Gasteiger partial charge in [0.15, 0.2) is 0 Å². The number of carbonyl (C=O) groups is 2. The van der Waals surface area contributed by atoms with Crippen molar-refractivity contribution in [3.05, 3.63) is 46.6 Å². The third kappa shape index (κ3) is 4.95. The summed E-state index contributed by atoms with van der Waals surface area (Å²) < 4.78 is 35.5. The van der Waals surface area contributed by atoms with Crippen LogP contribution in [0.5, 0.6) is 0 Å². The number of halogens is 1. The van der Waals surface area contributed by atoms with Crippen molar-refractivity contribution < 1.29 is 22.4 Å². The van der Waals surface area contributed by atoms with E-state index in [1.165, 1.54) is 15.6 Å². The quantitative estimate of drug-likeness (QED) is 0.461. The van der Waals surface area contributed by atoms with E-state index in [9.17, 15) is 18.0 Å². The molecule has 1 saturated carbocycles. The monoisotopic (exact) mass is 577 g/mol. The van der Waals surface area contributed by atoms with Crippen LogP contribution in [0.4, 0.5) is 0 Å². The van der Waals surface area contributed by atoms with Crippen molar-refractivity contribution in [1.82, 2.24) is 24.8 Å². The number of fused-ring (bicyclic) bond motifs is 2. The van der Waals surface area contributed by atoms with Gasteiger partial charge in [0.05, 0.1) is 18.3 Å². The molecular formula is C25H28ClN5O5S2. The van der Waals surface area contributed by atoms with Gasteiger partial charge in [-0.3, -0.25) is 9.59 Å². The molecule has 10 nitrogen and oxygen atoms in total. The first-order valence-corrected chi connectivity index (χ1v) is 15.3. The molecular weight excluding hydrogens is 550 g/mol. The van der Waals surface area contributed by atoms with Crippen molar-refractivity contribution in [3.8, 4) is 0 Å². The van der Waals surface area contributed by atoms with Crippen LogP contribution in [0.15, 0.2) is 32.9 Å². The highest BCUT2D eigenvalue weighted by Gasteiger charge is 2.40. The van der Waals surface area contributed by atoms with Gasteiger partial charge in [-0.2, -0.15) is 4.31 Å². The predicted molar refractivity (Wildman–Crippen MR) is 143 cm³/mol. The normalized spacial score (nSPS) is 22.4. The van der Waals surface area contributed by atoms with Crippen LogP contribution in [0.25, 0.3) is 10.1 Å². The van der Waals surface area contributed by atoms with Gasteiger partial charge in [0.2, 0.25) is 5.91 Å². The minimum Gasteiger partial charge on any atom is -0.436 e. The number of carbonyl (C=O) groups excluding carboxylic acids is 2. The Bertz CT molecular complexity index is 1520. The Balaban J connectivity index is 1.24. The molecule has 13 heteroatoms. The van der Waals surface area contributed by atoms with Gasteiger partial charge < -0.3 is 20.0 Å². The Labute approximate surface area is 229 Å². The second kappa shape index (κ2) is 9.91. The number of piperazine rings is 1.